The molecule has 1 spiro atoms. The minimum Gasteiger partial charge on any atom is -0.323 e. The second-order valence-corrected chi connectivity index (χ2v) is 10.8. The average Bonchev–Trinajstić information content (AvgIpc) is 3.60. The van der Waals surface area contributed by atoms with E-state index >= 15 is 0 Å². The maximum absolute atomic E-state index is 13.7. The Morgan fingerprint density at radius 2 is 1.73 bits per heavy atom. The van der Waals surface area contributed by atoms with E-state index in [9.17, 15) is 14.4 Å². The van der Waals surface area contributed by atoms with Crippen molar-refractivity contribution < 1.29 is 14.4 Å². The molecule has 0 radical (unpaired) electrons. The number of benzene rings is 2. The lowest BCUT2D eigenvalue weighted by Gasteiger charge is -2.33. The van der Waals surface area contributed by atoms with Gasteiger partial charge in [0.25, 0.3) is 5.91 Å². The molecule has 7 rings (SSSR count). The average molecular weight is 543 g/mol. The lowest BCUT2D eigenvalue weighted by Crippen LogP contribution is -2.46. The summed E-state index contributed by atoms with van der Waals surface area (Å²) in [7, 11) is 0. The molecule has 2 aromatic carbocycles. The fraction of sp³-hybridized carbons (Fsp3) is 0.188. The third-order valence-corrected chi connectivity index (χ3v) is 8.27. The van der Waals surface area contributed by atoms with E-state index in [0.717, 1.165) is 22.4 Å². The van der Waals surface area contributed by atoms with Crippen LogP contribution in [-0.2, 0) is 38.3 Å². The molecule has 0 saturated carbocycles. The molecular weight excluding hydrogens is 516 g/mol. The lowest BCUT2D eigenvalue weighted by molar-refractivity contribution is -0.132. The van der Waals surface area contributed by atoms with Gasteiger partial charge in [-0.3, -0.25) is 24.3 Å². The monoisotopic (exact) mass is 542 g/mol. The summed E-state index contributed by atoms with van der Waals surface area (Å²) in [5.74, 6) is -0.178. The van der Waals surface area contributed by atoms with Gasteiger partial charge in [0.15, 0.2) is 5.66 Å². The van der Waals surface area contributed by atoms with Crippen molar-refractivity contribution in [2.24, 2.45) is 4.99 Å². The Balaban J connectivity index is 1.13. The number of nitrogens with zero attached hydrogens (tertiary/aromatic N) is 4. The summed E-state index contributed by atoms with van der Waals surface area (Å²) in [4.78, 5) is 55.3. The third-order valence-electron chi connectivity index (χ3n) is 8.27. The number of aliphatic imine (C=N–C) groups is 1. The maximum atomic E-state index is 13.7. The van der Waals surface area contributed by atoms with Crippen molar-refractivity contribution in [1.29, 1.82) is 0 Å². The summed E-state index contributed by atoms with van der Waals surface area (Å²) < 4.78 is 0. The van der Waals surface area contributed by atoms with Crippen LogP contribution < -0.4 is 10.6 Å². The number of fused-ring (bicyclic) bond motifs is 3. The number of nitrogens with one attached hydrogen (secondary N) is 2. The molecule has 9 nitrogen and oxygen atoms in total. The van der Waals surface area contributed by atoms with Gasteiger partial charge in [0.2, 0.25) is 11.8 Å². The molecule has 0 unspecified atom stereocenters. The van der Waals surface area contributed by atoms with Crippen LogP contribution in [0.4, 0.5) is 11.5 Å². The first kappa shape index (κ1) is 24.8. The van der Waals surface area contributed by atoms with E-state index in [0.29, 0.717) is 35.6 Å². The van der Waals surface area contributed by atoms with Crippen molar-refractivity contribution in [3.8, 4) is 0 Å². The van der Waals surface area contributed by atoms with E-state index in [4.69, 9.17) is 4.99 Å². The van der Waals surface area contributed by atoms with Crippen LogP contribution in [0, 0.1) is 0 Å². The molecule has 9 heteroatoms. The quantitative estimate of drug-likeness (QED) is 0.400. The number of pyridine rings is 2. The van der Waals surface area contributed by atoms with Crippen LogP contribution in [0.5, 0.6) is 0 Å². The first-order valence-corrected chi connectivity index (χ1v) is 13.4. The highest BCUT2D eigenvalue weighted by atomic mass is 16.2. The van der Waals surface area contributed by atoms with Gasteiger partial charge in [-0.05, 0) is 36.6 Å². The van der Waals surface area contributed by atoms with Crippen molar-refractivity contribution in [3.05, 3.63) is 119 Å². The van der Waals surface area contributed by atoms with Gasteiger partial charge in [0.1, 0.15) is 18.1 Å². The number of carbonyl (C=O) groups excluding carboxylic acids is 3. The Morgan fingerprint density at radius 1 is 0.976 bits per heavy atom. The summed E-state index contributed by atoms with van der Waals surface area (Å²) in [6.07, 6.45) is 4.20. The van der Waals surface area contributed by atoms with Gasteiger partial charge in [-0.1, -0.05) is 66.7 Å². The molecule has 2 N–H and O–H groups in total. The normalized spacial score (nSPS) is 22.4. The summed E-state index contributed by atoms with van der Waals surface area (Å²) in [6.45, 7) is 1.64. The first-order chi connectivity index (χ1) is 19.9. The van der Waals surface area contributed by atoms with Crippen LogP contribution in [0.2, 0.25) is 0 Å². The highest BCUT2D eigenvalue weighted by Crippen LogP contribution is 2.46. The summed E-state index contributed by atoms with van der Waals surface area (Å²) >= 11 is 0. The second-order valence-electron chi connectivity index (χ2n) is 10.8. The zero-order valence-electron chi connectivity index (χ0n) is 22.3. The molecule has 2 aliphatic heterocycles. The highest BCUT2D eigenvalue weighted by Gasteiger charge is 2.52. The van der Waals surface area contributed by atoms with Gasteiger partial charge >= 0.3 is 0 Å². The number of aromatic nitrogens is 2. The number of rotatable bonds is 5. The van der Waals surface area contributed by atoms with Crippen molar-refractivity contribution in [1.82, 2.24) is 14.9 Å². The molecule has 4 heterocycles. The molecule has 0 bridgehead atoms. The largest absolute Gasteiger partial charge is 0.323 e. The van der Waals surface area contributed by atoms with Gasteiger partial charge in [-0.2, -0.15) is 0 Å². The van der Waals surface area contributed by atoms with E-state index in [-0.39, 0.29) is 24.3 Å². The van der Waals surface area contributed by atoms with Crippen LogP contribution in [0.25, 0.3) is 0 Å². The fourth-order valence-electron chi connectivity index (χ4n) is 6.16. The van der Waals surface area contributed by atoms with Crippen molar-refractivity contribution in [2.45, 2.75) is 30.8 Å². The smallest absolute Gasteiger partial charge is 0.275 e. The van der Waals surface area contributed by atoms with Gasteiger partial charge in [-0.15, -0.1) is 0 Å². The molecule has 202 valence electrons. The van der Waals surface area contributed by atoms with E-state index in [1.807, 2.05) is 85.8 Å². The lowest BCUT2D eigenvalue weighted by atomic mass is 9.80. The Kier molecular flexibility index (Phi) is 5.57. The molecule has 1 aliphatic carbocycles. The van der Waals surface area contributed by atoms with Crippen LogP contribution in [0.3, 0.4) is 0 Å². The number of hydrogen-bond donors (Lipinski definition) is 2. The van der Waals surface area contributed by atoms with Crippen LogP contribution in [-0.4, -0.2) is 44.8 Å². The fourth-order valence-corrected chi connectivity index (χ4v) is 6.16. The topological polar surface area (TPSA) is 117 Å². The van der Waals surface area contributed by atoms with Gasteiger partial charge in [-0.25, -0.2) is 9.98 Å². The minimum absolute atomic E-state index is 0.0863. The molecule has 0 fully saturated rings. The van der Waals surface area contributed by atoms with Gasteiger partial charge < -0.3 is 10.6 Å². The number of amides is 3. The Labute approximate surface area is 236 Å². The summed E-state index contributed by atoms with van der Waals surface area (Å²) in [6, 6.07) is 24.4. The van der Waals surface area contributed by atoms with E-state index in [2.05, 4.69) is 20.6 Å². The van der Waals surface area contributed by atoms with E-state index in [1.54, 1.807) is 12.4 Å². The molecule has 3 aliphatic rings. The third kappa shape index (κ3) is 3.92. The zero-order chi connectivity index (χ0) is 28.2. The maximum Gasteiger partial charge on any atom is 0.275 e. The Morgan fingerprint density at radius 3 is 2.51 bits per heavy atom. The van der Waals surface area contributed by atoms with Crippen molar-refractivity contribution in [2.75, 3.05) is 17.2 Å². The van der Waals surface area contributed by atoms with Crippen LogP contribution >= 0.6 is 0 Å². The molecule has 2 aromatic heterocycles. The number of carbonyl (C=O) groups is 3. The summed E-state index contributed by atoms with van der Waals surface area (Å²) in [5.41, 5.74) is 3.13. The zero-order valence-corrected chi connectivity index (χ0v) is 22.3. The van der Waals surface area contributed by atoms with E-state index < -0.39 is 11.1 Å². The molecule has 41 heavy (non-hydrogen) atoms. The minimum atomic E-state index is -1.05. The predicted molar refractivity (Wildman–Crippen MR) is 153 cm³/mol. The molecule has 2 atom stereocenters. The van der Waals surface area contributed by atoms with Gasteiger partial charge in [0.05, 0.1) is 17.3 Å². The van der Waals surface area contributed by atoms with Crippen LogP contribution in [0.1, 0.15) is 34.9 Å². The van der Waals surface area contributed by atoms with Crippen LogP contribution in [0.15, 0.2) is 96.2 Å². The predicted octanol–water partition coefficient (Wildman–Crippen LogP) is 3.61. The Hall–Kier alpha value is -5.18. The first-order valence-electron chi connectivity index (χ1n) is 13.4. The molecule has 3 amide bonds. The van der Waals surface area contributed by atoms with Gasteiger partial charge in [0, 0.05) is 29.4 Å². The number of hydrogen-bond acceptors (Lipinski definition) is 6. The molecular formula is C32H26N6O3. The van der Waals surface area contributed by atoms with E-state index in [1.165, 1.54) is 4.90 Å². The second kappa shape index (κ2) is 9.19. The highest BCUT2D eigenvalue weighted by molar-refractivity contribution is 6.47. The number of anilines is 2. The molecule has 0 saturated heterocycles. The molecule has 4 aromatic rings. The Bertz CT molecular complexity index is 1760. The standard InChI is InChI=1S/C32H26N6O3/c1-31(22-11-6-3-7-12-22)37-27(20-9-4-2-5-10-20)29(40)38(31)19-26(39)35-23-15-21-16-32(17-25(21)34-18-23)24-13-8-14-33-28(24)36-30(32)41/h2-15,18H,16-17,19H2,1H3,(H,35,39)(H,33,36,41)/t31-,32-/m0/s1. The van der Waals surface area contributed by atoms with Crippen molar-refractivity contribution in [3.63, 3.8) is 0 Å². The summed E-state index contributed by atoms with van der Waals surface area (Å²) in [5, 5.41) is 5.81. The SMILES string of the molecule is C[C@]1(c2ccccc2)N=C(c2ccccc2)C(=O)N1CC(=O)Nc1cnc2c(c1)C[C@@]1(C2)C(=O)Nc2ncccc21. The van der Waals surface area contributed by atoms with Crippen molar-refractivity contribution >= 4 is 34.9 Å².